The van der Waals surface area contributed by atoms with E-state index in [2.05, 4.69) is 20.5 Å². The van der Waals surface area contributed by atoms with Gasteiger partial charge in [0, 0.05) is 25.3 Å². The average molecular weight is 348 g/mol. The zero-order chi connectivity index (χ0) is 17.9. The Labute approximate surface area is 151 Å². The summed E-state index contributed by atoms with van der Waals surface area (Å²) in [5.41, 5.74) is 0.925. The molecule has 0 saturated carbocycles. The number of nitrogens with one attached hydrogen (secondary N) is 2. The topological polar surface area (TPSA) is 58.1 Å². The summed E-state index contributed by atoms with van der Waals surface area (Å²) in [6.45, 7) is 7.24. The molecule has 0 amide bonds. The molecule has 25 heavy (non-hydrogen) atoms. The van der Waals surface area contributed by atoms with Crippen LogP contribution in [0.2, 0.25) is 0 Å². The third kappa shape index (κ3) is 6.46. The molecule has 140 valence electrons. The van der Waals surface area contributed by atoms with Gasteiger partial charge in [0.05, 0.1) is 13.7 Å². The van der Waals surface area contributed by atoms with Crippen LogP contribution in [-0.4, -0.2) is 57.8 Å². The maximum absolute atomic E-state index is 5.62. The molecule has 1 saturated heterocycles. The number of likely N-dealkylation sites (tertiary alicyclic amines) is 1. The lowest BCUT2D eigenvalue weighted by atomic mass is 10.2. The van der Waals surface area contributed by atoms with E-state index in [0.29, 0.717) is 6.61 Å². The Balaban J connectivity index is 1.76. The molecule has 0 unspecified atom stereocenters. The van der Waals surface area contributed by atoms with Crippen molar-refractivity contribution < 1.29 is 9.47 Å². The molecule has 1 aromatic rings. The molecule has 1 heterocycles. The summed E-state index contributed by atoms with van der Waals surface area (Å²) in [4.78, 5) is 6.84. The van der Waals surface area contributed by atoms with Crippen LogP contribution in [-0.2, 0) is 0 Å². The van der Waals surface area contributed by atoms with Gasteiger partial charge in [-0.1, -0.05) is 0 Å². The molecule has 1 aliphatic heterocycles. The third-order valence-electron chi connectivity index (χ3n) is 4.34. The fourth-order valence-electron chi connectivity index (χ4n) is 3.01. The van der Waals surface area contributed by atoms with E-state index in [9.17, 15) is 0 Å². The molecule has 2 rings (SSSR count). The molecule has 0 atom stereocenters. The van der Waals surface area contributed by atoms with Crippen LogP contribution in [0.25, 0.3) is 0 Å². The number of unbranched alkanes of at least 4 members (excludes halogenated alkanes) is 1. The van der Waals surface area contributed by atoms with Crippen molar-refractivity contribution in [2.75, 3.05) is 52.3 Å². The number of anilines is 1. The predicted molar refractivity (Wildman–Crippen MR) is 104 cm³/mol. The minimum absolute atomic E-state index is 0.601. The summed E-state index contributed by atoms with van der Waals surface area (Å²) in [7, 11) is 3.43. The van der Waals surface area contributed by atoms with Crippen molar-refractivity contribution in [2.24, 2.45) is 4.99 Å². The van der Waals surface area contributed by atoms with E-state index in [4.69, 9.17) is 9.47 Å². The first-order valence-corrected chi connectivity index (χ1v) is 9.27. The van der Waals surface area contributed by atoms with Gasteiger partial charge in [-0.15, -0.1) is 0 Å². The molecule has 1 fully saturated rings. The van der Waals surface area contributed by atoms with Gasteiger partial charge in [0.2, 0.25) is 0 Å². The van der Waals surface area contributed by atoms with Crippen molar-refractivity contribution in [1.82, 2.24) is 10.2 Å². The highest BCUT2D eigenvalue weighted by Crippen LogP contribution is 2.30. The number of methoxy groups -OCH3 is 1. The lowest BCUT2D eigenvalue weighted by Gasteiger charge is -2.16. The number of rotatable bonds is 9. The van der Waals surface area contributed by atoms with E-state index in [-0.39, 0.29) is 0 Å². The molecule has 0 bridgehead atoms. The molecule has 0 radical (unpaired) electrons. The molecule has 1 aromatic carbocycles. The van der Waals surface area contributed by atoms with Crippen LogP contribution in [0.3, 0.4) is 0 Å². The van der Waals surface area contributed by atoms with Gasteiger partial charge in [-0.25, -0.2) is 0 Å². The Kier molecular flexibility index (Phi) is 8.39. The number of hydrogen-bond donors (Lipinski definition) is 2. The number of benzene rings is 1. The largest absolute Gasteiger partial charge is 0.493 e. The number of hydrogen-bond acceptors (Lipinski definition) is 4. The summed E-state index contributed by atoms with van der Waals surface area (Å²) < 4.78 is 10.9. The van der Waals surface area contributed by atoms with Gasteiger partial charge < -0.3 is 25.0 Å². The first-order valence-electron chi connectivity index (χ1n) is 9.27. The highest BCUT2D eigenvalue weighted by Gasteiger charge is 2.10. The van der Waals surface area contributed by atoms with Gasteiger partial charge in [0.25, 0.3) is 0 Å². The predicted octanol–water partition coefficient (Wildman–Crippen LogP) is 2.96. The third-order valence-corrected chi connectivity index (χ3v) is 4.34. The lowest BCUT2D eigenvalue weighted by Crippen LogP contribution is -2.32. The maximum atomic E-state index is 5.62. The normalized spacial score (nSPS) is 15.2. The van der Waals surface area contributed by atoms with Crippen molar-refractivity contribution in [2.45, 2.75) is 32.6 Å². The highest BCUT2D eigenvalue weighted by atomic mass is 16.5. The fraction of sp³-hybridized carbons (Fsp3) is 0.632. The number of ether oxygens (including phenoxy) is 2. The van der Waals surface area contributed by atoms with E-state index in [1.165, 1.54) is 38.9 Å². The van der Waals surface area contributed by atoms with Crippen LogP contribution in [0.1, 0.15) is 32.6 Å². The number of guanidine groups is 1. The van der Waals surface area contributed by atoms with Crippen molar-refractivity contribution in [3.8, 4) is 11.5 Å². The van der Waals surface area contributed by atoms with Crippen LogP contribution in [0.5, 0.6) is 11.5 Å². The molecular weight excluding hydrogens is 316 g/mol. The van der Waals surface area contributed by atoms with Crippen LogP contribution in [0.4, 0.5) is 5.69 Å². The standard InChI is InChI=1S/C19H32N4O2/c1-4-25-18-15-16(9-10-17(18)24-3)22-19(20-2)21-11-5-6-12-23-13-7-8-14-23/h9-10,15H,4-8,11-14H2,1-3H3,(H2,20,21,22). The van der Waals surface area contributed by atoms with Gasteiger partial charge in [-0.3, -0.25) is 4.99 Å². The van der Waals surface area contributed by atoms with Gasteiger partial charge in [-0.05, 0) is 64.4 Å². The maximum Gasteiger partial charge on any atom is 0.195 e. The molecule has 1 aliphatic rings. The minimum Gasteiger partial charge on any atom is -0.493 e. The van der Waals surface area contributed by atoms with Gasteiger partial charge in [0.15, 0.2) is 17.5 Å². The monoisotopic (exact) mass is 348 g/mol. The van der Waals surface area contributed by atoms with E-state index >= 15 is 0 Å². The van der Waals surface area contributed by atoms with Gasteiger partial charge in [0.1, 0.15) is 0 Å². The first-order chi connectivity index (χ1) is 12.3. The quantitative estimate of drug-likeness (QED) is 0.408. The Bertz CT molecular complexity index is 542. The number of aliphatic imine (C=N–C) groups is 1. The summed E-state index contributed by atoms with van der Waals surface area (Å²) in [5.74, 6) is 2.24. The summed E-state index contributed by atoms with van der Waals surface area (Å²) in [5, 5.41) is 6.68. The molecule has 0 spiro atoms. The van der Waals surface area contributed by atoms with E-state index in [1.54, 1.807) is 14.2 Å². The minimum atomic E-state index is 0.601. The van der Waals surface area contributed by atoms with Crippen LogP contribution in [0.15, 0.2) is 23.2 Å². The summed E-state index contributed by atoms with van der Waals surface area (Å²) in [6, 6.07) is 5.79. The fourth-order valence-corrected chi connectivity index (χ4v) is 3.01. The van der Waals surface area contributed by atoms with Gasteiger partial charge in [-0.2, -0.15) is 0 Å². The molecule has 2 N–H and O–H groups in total. The SMILES string of the molecule is CCOc1cc(NC(=NC)NCCCCN2CCCC2)ccc1OC. The van der Waals surface area contributed by atoms with E-state index < -0.39 is 0 Å². The van der Waals surface area contributed by atoms with Gasteiger partial charge >= 0.3 is 0 Å². The smallest absolute Gasteiger partial charge is 0.195 e. The average Bonchev–Trinajstić information content (AvgIpc) is 3.14. The number of nitrogens with zero attached hydrogens (tertiary/aromatic N) is 2. The van der Waals surface area contributed by atoms with Crippen molar-refractivity contribution in [3.05, 3.63) is 18.2 Å². The Morgan fingerprint density at radius 3 is 2.68 bits per heavy atom. The van der Waals surface area contributed by atoms with Crippen molar-refractivity contribution in [3.63, 3.8) is 0 Å². The Morgan fingerprint density at radius 1 is 1.20 bits per heavy atom. The zero-order valence-corrected chi connectivity index (χ0v) is 15.8. The second kappa shape index (κ2) is 10.8. The molecule has 0 aromatic heterocycles. The highest BCUT2D eigenvalue weighted by molar-refractivity contribution is 5.93. The van der Waals surface area contributed by atoms with Crippen molar-refractivity contribution in [1.29, 1.82) is 0 Å². The first kappa shape index (κ1) is 19.4. The summed E-state index contributed by atoms with van der Waals surface area (Å²) in [6.07, 6.45) is 5.09. The Hall–Kier alpha value is -1.95. The molecular formula is C19H32N4O2. The van der Waals surface area contributed by atoms with Crippen LogP contribution in [0, 0.1) is 0 Å². The molecule has 6 nitrogen and oxygen atoms in total. The summed E-state index contributed by atoms with van der Waals surface area (Å²) >= 11 is 0. The van der Waals surface area contributed by atoms with Crippen molar-refractivity contribution >= 4 is 11.6 Å². The molecule has 6 heteroatoms. The van der Waals surface area contributed by atoms with E-state index in [1.807, 2.05) is 25.1 Å². The van der Waals surface area contributed by atoms with Crippen LogP contribution < -0.4 is 20.1 Å². The Morgan fingerprint density at radius 2 is 2.00 bits per heavy atom. The second-order valence-corrected chi connectivity index (χ2v) is 6.18. The molecule has 0 aliphatic carbocycles. The lowest BCUT2D eigenvalue weighted by molar-refractivity contribution is 0.311. The second-order valence-electron chi connectivity index (χ2n) is 6.18. The van der Waals surface area contributed by atoms with E-state index in [0.717, 1.165) is 36.1 Å². The van der Waals surface area contributed by atoms with Crippen LogP contribution >= 0.6 is 0 Å². The zero-order valence-electron chi connectivity index (χ0n) is 15.8.